The predicted molar refractivity (Wildman–Crippen MR) is 105 cm³/mol. The molecule has 0 aromatic carbocycles. The van der Waals surface area contributed by atoms with Crippen LogP contribution in [0.1, 0.15) is 23.9 Å². The molecule has 5 nitrogen and oxygen atoms in total. The number of aliphatic imine (C=N–C) groups is 1. The fourth-order valence-corrected chi connectivity index (χ4v) is 2.03. The molecule has 0 radical (unpaired) electrons. The van der Waals surface area contributed by atoms with E-state index in [0.29, 0.717) is 6.54 Å². The van der Waals surface area contributed by atoms with E-state index in [-0.39, 0.29) is 24.0 Å². The lowest BCUT2D eigenvalue weighted by molar-refractivity contribution is 0.785. The third-order valence-corrected chi connectivity index (χ3v) is 3.25. The van der Waals surface area contributed by atoms with Gasteiger partial charge < -0.3 is 10.6 Å². The molecule has 2 N–H and O–H groups in total. The summed E-state index contributed by atoms with van der Waals surface area (Å²) >= 11 is 0. The molecule has 0 aliphatic heterocycles. The number of halogens is 1. The van der Waals surface area contributed by atoms with Crippen LogP contribution < -0.4 is 10.6 Å². The minimum absolute atomic E-state index is 0. The minimum Gasteiger partial charge on any atom is -0.357 e. The van der Waals surface area contributed by atoms with Gasteiger partial charge in [0.15, 0.2) is 5.96 Å². The van der Waals surface area contributed by atoms with Crippen LogP contribution in [0.3, 0.4) is 0 Å². The van der Waals surface area contributed by atoms with Crippen molar-refractivity contribution in [2.45, 2.75) is 26.8 Å². The molecule has 124 valence electrons. The molecule has 0 atom stereocenters. The Bertz CT molecular complexity index is 601. The number of nitrogens with zero attached hydrogens (tertiary/aromatic N) is 3. The maximum atomic E-state index is 4.59. The van der Waals surface area contributed by atoms with E-state index >= 15 is 0 Å². The van der Waals surface area contributed by atoms with Gasteiger partial charge in [0.05, 0.1) is 12.2 Å². The lowest BCUT2D eigenvalue weighted by Gasteiger charge is -2.11. The smallest absolute Gasteiger partial charge is 0.191 e. The first-order valence-corrected chi connectivity index (χ1v) is 7.62. The lowest BCUT2D eigenvalue weighted by Crippen LogP contribution is -2.38. The summed E-state index contributed by atoms with van der Waals surface area (Å²) in [5.41, 5.74) is 3.24. The highest BCUT2D eigenvalue weighted by molar-refractivity contribution is 14.0. The van der Waals surface area contributed by atoms with Crippen LogP contribution in [0.5, 0.6) is 0 Å². The first-order chi connectivity index (χ1) is 10.8. The largest absolute Gasteiger partial charge is 0.357 e. The Kier molecular flexibility index (Phi) is 9.20. The summed E-state index contributed by atoms with van der Waals surface area (Å²) in [4.78, 5) is 13.3. The topological polar surface area (TPSA) is 62.2 Å². The summed E-state index contributed by atoms with van der Waals surface area (Å²) in [7, 11) is 0. The van der Waals surface area contributed by atoms with Crippen molar-refractivity contribution >= 4 is 29.9 Å². The summed E-state index contributed by atoms with van der Waals surface area (Å²) in [6, 6.07) is 9.96. The van der Waals surface area contributed by atoms with E-state index in [4.69, 9.17) is 0 Å². The zero-order chi connectivity index (χ0) is 15.6. The molecular weight excluding hydrogens is 401 g/mol. The van der Waals surface area contributed by atoms with E-state index < -0.39 is 0 Å². The second kappa shape index (κ2) is 10.9. The summed E-state index contributed by atoms with van der Waals surface area (Å²) in [5.74, 6) is 0.809. The van der Waals surface area contributed by atoms with Crippen LogP contribution in [-0.2, 0) is 13.0 Å². The Morgan fingerprint density at radius 1 is 1.09 bits per heavy atom. The standard InChI is InChI=1S/C17H23N5.HI/c1-3-18-17(21-12-9-15-8-4-5-10-19-15)22-13-16-14(2)7-6-11-20-16;/h4-8,10-11H,3,9,12-13H2,1-2H3,(H2,18,21,22);1H. The number of aryl methyl sites for hydroxylation is 1. The normalized spacial score (nSPS) is 10.8. The van der Waals surface area contributed by atoms with Crippen LogP contribution in [0.25, 0.3) is 0 Å². The Labute approximate surface area is 155 Å². The molecule has 0 amide bonds. The van der Waals surface area contributed by atoms with Gasteiger partial charge in [0.2, 0.25) is 0 Å². The van der Waals surface area contributed by atoms with E-state index in [2.05, 4.69) is 45.5 Å². The molecule has 0 saturated carbocycles. The number of pyridine rings is 2. The van der Waals surface area contributed by atoms with Crippen LogP contribution in [0.2, 0.25) is 0 Å². The summed E-state index contributed by atoms with van der Waals surface area (Å²) in [6.07, 6.45) is 4.49. The molecule has 0 bridgehead atoms. The molecule has 0 spiro atoms. The molecule has 0 aliphatic carbocycles. The SMILES string of the molecule is CCNC(=NCc1ncccc1C)NCCc1ccccn1.I. The van der Waals surface area contributed by atoms with Crippen molar-refractivity contribution in [3.05, 3.63) is 59.7 Å². The minimum atomic E-state index is 0. The molecule has 0 aliphatic rings. The summed E-state index contributed by atoms with van der Waals surface area (Å²) in [6.45, 7) is 6.31. The van der Waals surface area contributed by atoms with Crippen LogP contribution in [0.15, 0.2) is 47.7 Å². The first kappa shape index (κ1) is 19.3. The Hall–Kier alpha value is -1.70. The fraction of sp³-hybridized carbons (Fsp3) is 0.353. The van der Waals surface area contributed by atoms with Gasteiger partial charge in [-0.15, -0.1) is 24.0 Å². The fourth-order valence-electron chi connectivity index (χ4n) is 2.03. The van der Waals surface area contributed by atoms with Gasteiger partial charge in [0, 0.05) is 37.6 Å². The van der Waals surface area contributed by atoms with Gasteiger partial charge in [-0.1, -0.05) is 12.1 Å². The van der Waals surface area contributed by atoms with Crippen molar-refractivity contribution in [1.29, 1.82) is 0 Å². The number of aromatic nitrogens is 2. The van der Waals surface area contributed by atoms with Crippen LogP contribution in [0, 0.1) is 6.92 Å². The number of rotatable bonds is 6. The van der Waals surface area contributed by atoms with Gasteiger partial charge in [-0.05, 0) is 37.6 Å². The zero-order valence-electron chi connectivity index (χ0n) is 13.6. The third kappa shape index (κ3) is 6.94. The van der Waals surface area contributed by atoms with Crippen molar-refractivity contribution in [2.75, 3.05) is 13.1 Å². The highest BCUT2D eigenvalue weighted by atomic mass is 127. The van der Waals surface area contributed by atoms with E-state index in [0.717, 1.165) is 42.4 Å². The van der Waals surface area contributed by atoms with Crippen molar-refractivity contribution < 1.29 is 0 Å². The van der Waals surface area contributed by atoms with Gasteiger partial charge in [-0.25, -0.2) is 4.99 Å². The third-order valence-electron chi connectivity index (χ3n) is 3.25. The first-order valence-electron chi connectivity index (χ1n) is 7.62. The van der Waals surface area contributed by atoms with Crippen molar-refractivity contribution in [1.82, 2.24) is 20.6 Å². The van der Waals surface area contributed by atoms with E-state index in [9.17, 15) is 0 Å². The van der Waals surface area contributed by atoms with Crippen molar-refractivity contribution in [3.63, 3.8) is 0 Å². The second-order valence-corrected chi connectivity index (χ2v) is 4.96. The number of nitrogens with one attached hydrogen (secondary N) is 2. The molecule has 6 heteroatoms. The van der Waals surface area contributed by atoms with E-state index in [1.807, 2.05) is 30.5 Å². The average molecular weight is 425 g/mol. The Morgan fingerprint density at radius 3 is 2.61 bits per heavy atom. The highest BCUT2D eigenvalue weighted by Crippen LogP contribution is 2.04. The Balaban J connectivity index is 0.00000264. The van der Waals surface area contributed by atoms with Crippen molar-refractivity contribution in [3.8, 4) is 0 Å². The lowest BCUT2D eigenvalue weighted by atomic mass is 10.2. The number of hydrogen-bond acceptors (Lipinski definition) is 3. The monoisotopic (exact) mass is 425 g/mol. The van der Waals surface area contributed by atoms with Crippen molar-refractivity contribution in [2.24, 2.45) is 4.99 Å². The zero-order valence-corrected chi connectivity index (χ0v) is 16.0. The molecule has 2 heterocycles. The maximum absolute atomic E-state index is 4.59. The molecular formula is C17H24IN5. The van der Waals surface area contributed by atoms with E-state index in [1.54, 1.807) is 6.20 Å². The molecule has 23 heavy (non-hydrogen) atoms. The second-order valence-electron chi connectivity index (χ2n) is 4.96. The maximum Gasteiger partial charge on any atom is 0.191 e. The number of hydrogen-bond donors (Lipinski definition) is 2. The van der Waals surface area contributed by atoms with E-state index in [1.165, 1.54) is 0 Å². The number of guanidine groups is 1. The predicted octanol–water partition coefficient (Wildman–Crippen LogP) is 2.70. The highest BCUT2D eigenvalue weighted by Gasteiger charge is 2.01. The molecule has 2 aromatic heterocycles. The van der Waals surface area contributed by atoms with Gasteiger partial charge >= 0.3 is 0 Å². The molecule has 2 rings (SSSR count). The molecule has 0 unspecified atom stereocenters. The van der Waals surface area contributed by atoms with Gasteiger partial charge in [-0.2, -0.15) is 0 Å². The van der Waals surface area contributed by atoms with Gasteiger partial charge in [0.25, 0.3) is 0 Å². The van der Waals surface area contributed by atoms with Crippen LogP contribution in [-0.4, -0.2) is 29.0 Å². The molecule has 0 saturated heterocycles. The summed E-state index contributed by atoms with van der Waals surface area (Å²) < 4.78 is 0. The van der Waals surface area contributed by atoms with Gasteiger partial charge in [-0.3, -0.25) is 9.97 Å². The average Bonchev–Trinajstić information content (AvgIpc) is 2.55. The Morgan fingerprint density at radius 2 is 1.91 bits per heavy atom. The van der Waals surface area contributed by atoms with Gasteiger partial charge in [0.1, 0.15) is 0 Å². The summed E-state index contributed by atoms with van der Waals surface area (Å²) in [5, 5.41) is 6.58. The molecule has 0 fully saturated rings. The quantitative estimate of drug-likeness (QED) is 0.425. The van der Waals surface area contributed by atoms with Crippen LogP contribution in [0.4, 0.5) is 0 Å². The van der Waals surface area contributed by atoms with Crippen LogP contribution >= 0.6 is 24.0 Å². The molecule has 2 aromatic rings.